The van der Waals surface area contributed by atoms with E-state index in [1.54, 1.807) is 47.4 Å². The van der Waals surface area contributed by atoms with E-state index >= 15 is 0 Å². The van der Waals surface area contributed by atoms with Gasteiger partial charge in [0, 0.05) is 23.8 Å². The van der Waals surface area contributed by atoms with Crippen molar-refractivity contribution in [3.05, 3.63) is 58.6 Å². The summed E-state index contributed by atoms with van der Waals surface area (Å²) < 4.78 is 0. The van der Waals surface area contributed by atoms with Gasteiger partial charge in [0.05, 0.1) is 10.7 Å². The van der Waals surface area contributed by atoms with Crippen LogP contribution >= 0.6 is 23.2 Å². The molecule has 3 amide bonds. The minimum Gasteiger partial charge on any atom is -0.323 e. The number of benzene rings is 2. The van der Waals surface area contributed by atoms with Crippen LogP contribution < -0.4 is 10.2 Å². The molecule has 2 aromatic carbocycles. The average Bonchev–Trinajstić information content (AvgIpc) is 2.90. The molecule has 1 aliphatic rings. The number of amides is 3. The van der Waals surface area contributed by atoms with Gasteiger partial charge in [0.2, 0.25) is 5.91 Å². The number of hydrogen-bond acceptors (Lipinski definition) is 2. The Balaban J connectivity index is 1.63. The van der Waals surface area contributed by atoms with Crippen LogP contribution in [0.4, 0.5) is 16.2 Å². The molecule has 1 aliphatic heterocycles. The predicted octanol–water partition coefficient (Wildman–Crippen LogP) is 3.87. The number of rotatable bonds is 4. The molecule has 0 aromatic heterocycles. The molecular weight excluding hydrogens is 349 g/mol. The number of hydrogen-bond donors (Lipinski definition) is 1. The third kappa shape index (κ3) is 3.63. The number of nitrogens with one attached hydrogen (secondary N) is 1. The minimum absolute atomic E-state index is 0.0267. The summed E-state index contributed by atoms with van der Waals surface area (Å²) in [5.41, 5.74) is 1.25. The molecule has 2 aromatic rings. The normalized spacial score (nSPS) is 14.2. The first kappa shape index (κ1) is 16.6. The van der Waals surface area contributed by atoms with Crippen molar-refractivity contribution in [1.29, 1.82) is 0 Å². The molecule has 1 saturated heterocycles. The van der Waals surface area contributed by atoms with Crippen molar-refractivity contribution in [2.75, 3.05) is 29.9 Å². The summed E-state index contributed by atoms with van der Waals surface area (Å²) in [5.74, 6) is -0.288. The first-order chi connectivity index (χ1) is 11.5. The van der Waals surface area contributed by atoms with Gasteiger partial charge in [-0.3, -0.25) is 9.69 Å². The molecule has 5 nitrogen and oxygen atoms in total. The van der Waals surface area contributed by atoms with Crippen molar-refractivity contribution in [1.82, 2.24) is 4.90 Å². The van der Waals surface area contributed by atoms with Crippen molar-refractivity contribution < 1.29 is 9.59 Å². The Hall–Kier alpha value is -2.24. The van der Waals surface area contributed by atoms with E-state index < -0.39 is 0 Å². The number of carbonyl (C=O) groups excluding carboxylic acids is 2. The summed E-state index contributed by atoms with van der Waals surface area (Å²) >= 11 is 12.0. The van der Waals surface area contributed by atoms with Crippen molar-refractivity contribution in [2.24, 2.45) is 0 Å². The summed E-state index contributed by atoms with van der Waals surface area (Å²) in [4.78, 5) is 27.7. The fourth-order valence-electron chi connectivity index (χ4n) is 2.54. The van der Waals surface area contributed by atoms with E-state index in [4.69, 9.17) is 23.2 Å². The molecule has 1 heterocycles. The highest BCUT2D eigenvalue weighted by Gasteiger charge is 2.30. The number of para-hydroxylation sites is 1. The zero-order valence-electron chi connectivity index (χ0n) is 12.7. The van der Waals surface area contributed by atoms with Crippen LogP contribution in [0, 0.1) is 0 Å². The lowest BCUT2D eigenvalue weighted by Gasteiger charge is -2.18. The van der Waals surface area contributed by atoms with Crippen LogP contribution in [0.5, 0.6) is 0 Å². The highest BCUT2D eigenvalue weighted by Crippen LogP contribution is 2.24. The maximum atomic E-state index is 12.5. The van der Waals surface area contributed by atoms with E-state index in [1.165, 1.54) is 4.90 Å². The van der Waals surface area contributed by atoms with Gasteiger partial charge in [0.15, 0.2) is 0 Å². The first-order valence-corrected chi connectivity index (χ1v) is 8.16. The van der Waals surface area contributed by atoms with Crippen LogP contribution in [-0.2, 0) is 4.79 Å². The van der Waals surface area contributed by atoms with Gasteiger partial charge in [0.1, 0.15) is 6.54 Å². The molecule has 124 valence electrons. The minimum atomic E-state index is -0.288. The molecule has 0 radical (unpaired) electrons. The Labute approximate surface area is 149 Å². The van der Waals surface area contributed by atoms with Gasteiger partial charge < -0.3 is 10.2 Å². The molecule has 7 heteroatoms. The number of carbonyl (C=O) groups is 2. The summed E-state index contributed by atoms with van der Waals surface area (Å²) in [6.07, 6.45) is 0. The Bertz CT molecular complexity index is 782. The van der Waals surface area contributed by atoms with E-state index in [9.17, 15) is 9.59 Å². The van der Waals surface area contributed by atoms with Crippen molar-refractivity contribution in [3.8, 4) is 0 Å². The van der Waals surface area contributed by atoms with Crippen LogP contribution in [0.1, 0.15) is 0 Å². The van der Waals surface area contributed by atoms with Gasteiger partial charge >= 0.3 is 6.03 Å². The lowest BCUT2D eigenvalue weighted by atomic mass is 10.3. The van der Waals surface area contributed by atoms with Gasteiger partial charge in [-0.05, 0) is 30.3 Å². The topological polar surface area (TPSA) is 52.7 Å². The number of nitrogens with zero attached hydrogens (tertiary/aromatic N) is 2. The first-order valence-electron chi connectivity index (χ1n) is 7.41. The smallest absolute Gasteiger partial charge is 0.323 e. The molecule has 0 aliphatic carbocycles. The zero-order valence-corrected chi connectivity index (χ0v) is 14.2. The van der Waals surface area contributed by atoms with Crippen molar-refractivity contribution >= 4 is 46.5 Å². The Morgan fingerprint density at radius 3 is 2.62 bits per heavy atom. The van der Waals surface area contributed by atoms with Gasteiger partial charge in [-0.1, -0.05) is 41.4 Å². The summed E-state index contributed by atoms with van der Waals surface area (Å²) in [7, 11) is 0. The zero-order chi connectivity index (χ0) is 17.1. The van der Waals surface area contributed by atoms with Gasteiger partial charge in [0.25, 0.3) is 0 Å². The molecule has 0 saturated carbocycles. The Kier molecular flexibility index (Phi) is 4.92. The Morgan fingerprint density at radius 2 is 1.88 bits per heavy atom. The van der Waals surface area contributed by atoms with Gasteiger partial charge in [-0.25, -0.2) is 4.79 Å². The van der Waals surface area contributed by atoms with Crippen LogP contribution in [-0.4, -0.2) is 36.5 Å². The monoisotopic (exact) mass is 363 g/mol. The maximum Gasteiger partial charge on any atom is 0.325 e. The quantitative estimate of drug-likeness (QED) is 0.895. The highest BCUT2D eigenvalue weighted by molar-refractivity contribution is 6.33. The molecule has 3 rings (SSSR count). The van der Waals surface area contributed by atoms with Crippen molar-refractivity contribution in [2.45, 2.75) is 0 Å². The predicted molar refractivity (Wildman–Crippen MR) is 95.8 cm³/mol. The fraction of sp³-hybridized carbons (Fsp3) is 0.176. The standard InChI is InChI=1S/C17H15Cl2N3O2/c18-12-4-3-5-13(10-12)22-9-8-21(17(22)24)11-16(23)20-15-7-2-1-6-14(15)19/h1-7,10H,8-9,11H2,(H,20,23). The third-order valence-corrected chi connectivity index (χ3v) is 4.26. The van der Waals surface area contributed by atoms with Gasteiger partial charge in [-0.15, -0.1) is 0 Å². The molecule has 0 spiro atoms. The summed E-state index contributed by atoms with van der Waals surface area (Å²) in [6.45, 7) is 0.959. The van der Waals surface area contributed by atoms with E-state index in [0.29, 0.717) is 28.8 Å². The van der Waals surface area contributed by atoms with Crippen LogP contribution in [0.15, 0.2) is 48.5 Å². The van der Waals surface area contributed by atoms with E-state index in [2.05, 4.69) is 5.32 Å². The number of urea groups is 1. The molecule has 1 N–H and O–H groups in total. The largest absolute Gasteiger partial charge is 0.325 e. The van der Waals surface area contributed by atoms with E-state index in [1.807, 2.05) is 6.07 Å². The van der Waals surface area contributed by atoms with E-state index in [0.717, 1.165) is 5.69 Å². The number of halogens is 2. The second-order valence-corrected chi connectivity index (χ2v) is 6.21. The van der Waals surface area contributed by atoms with Crippen LogP contribution in [0.3, 0.4) is 0 Å². The number of anilines is 2. The highest BCUT2D eigenvalue weighted by atomic mass is 35.5. The average molecular weight is 364 g/mol. The summed E-state index contributed by atoms with van der Waals surface area (Å²) in [6, 6.07) is 13.8. The third-order valence-electron chi connectivity index (χ3n) is 3.70. The van der Waals surface area contributed by atoms with Gasteiger partial charge in [-0.2, -0.15) is 0 Å². The lowest BCUT2D eigenvalue weighted by molar-refractivity contribution is -0.116. The maximum absolute atomic E-state index is 12.5. The molecule has 0 atom stereocenters. The molecule has 0 unspecified atom stereocenters. The second-order valence-electron chi connectivity index (χ2n) is 5.36. The molecule has 0 bridgehead atoms. The Morgan fingerprint density at radius 1 is 1.08 bits per heavy atom. The molecule has 24 heavy (non-hydrogen) atoms. The molecule has 1 fully saturated rings. The van der Waals surface area contributed by atoms with E-state index in [-0.39, 0.29) is 18.5 Å². The van der Waals surface area contributed by atoms with Crippen molar-refractivity contribution in [3.63, 3.8) is 0 Å². The van der Waals surface area contributed by atoms with Crippen LogP contribution in [0.25, 0.3) is 0 Å². The second kappa shape index (κ2) is 7.11. The summed E-state index contributed by atoms with van der Waals surface area (Å²) in [5, 5.41) is 3.74. The molecular formula is C17H15Cl2N3O2. The lowest BCUT2D eigenvalue weighted by Crippen LogP contribution is -2.37. The fourth-order valence-corrected chi connectivity index (χ4v) is 2.91. The SMILES string of the molecule is O=C(CN1CCN(c2cccc(Cl)c2)C1=O)Nc1ccccc1Cl. The van der Waals surface area contributed by atoms with Crippen LogP contribution in [0.2, 0.25) is 10.0 Å².